The normalized spacial score (nSPS) is 11.2. The Labute approximate surface area is 127 Å². The summed E-state index contributed by atoms with van der Waals surface area (Å²) in [6.07, 6.45) is 6.89. The van der Waals surface area contributed by atoms with Gasteiger partial charge in [-0.1, -0.05) is 11.8 Å². The van der Waals surface area contributed by atoms with Gasteiger partial charge in [-0.05, 0) is 12.1 Å². The molecule has 0 saturated carbocycles. The van der Waals surface area contributed by atoms with Crippen LogP contribution in [0.25, 0.3) is 16.3 Å². The fourth-order valence-corrected chi connectivity index (χ4v) is 3.43. The summed E-state index contributed by atoms with van der Waals surface area (Å²) in [5.41, 5.74) is 2.01. The van der Waals surface area contributed by atoms with Crippen molar-refractivity contribution in [3.63, 3.8) is 0 Å². The Kier molecular flexibility index (Phi) is 3.17. The Bertz CT molecular complexity index is 835. The predicted octanol–water partition coefficient (Wildman–Crippen LogP) is 3.13. The second-order valence-corrected chi connectivity index (χ2v) is 6.00. The molecule has 6 nitrogen and oxygen atoms in total. The quantitative estimate of drug-likeness (QED) is 0.539. The number of thiazole rings is 1. The molecule has 0 aliphatic heterocycles. The summed E-state index contributed by atoms with van der Waals surface area (Å²) in [5, 5.41) is 8.06. The summed E-state index contributed by atoms with van der Waals surface area (Å²) in [4.78, 5) is 13.1. The standard InChI is InChI=1S/C13H9N5OS2/c1-3-14-12-16-13(17-18(12)4-1)21-8-10-7-20-11(15-10)9-2-5-19-6-9/h1-7H,8H2. The monoisotopic (exact) mass is 315 g/mol. The van der Waals surface area contributed by atoms with E-state index in [-0.39, 0.29) is 0 Å². The lowest BCUT2D eigenvalue weighted by Crippen LogP contribution is -1.87. The Morgan fingerprint density at radius 1 is 1.33 bits per heavy atom. The zero-order chi connectivity index (χ0) is 14.1. The van der Waals surface area contributed by atoms with Crippen LogP contribution in [0, 0.1) is 0 Å². The minimum Gasteiger partial charge on any atom is -0.472 e. The molecule has 8 heteroatoms. The summed E-state index contributed by atoms with van der Waals surface area (Å²) in [5.74, 6) is 1.34. The van der Waals surface area contributed by atoms with Gasteiger partial charge in [0.05, 0.1) is 12.0 Å². The van der Waals surface area contributed by atoms with E-state index in [1.165, 1.54) is 0 Å². The van der Waals surface area contributed by atoms with E-state index in [4.69, 9.17) is 4.42 Å². The molecule has 4 rings (SSSR count). The zero-order valence-electron chi connectivity index (χ0n) is 10.7. The number of nitrogens with zero attached hydrogens (tertiary/aromatic N) is 5. The fourth-order valence-electron chi connectivity index (χ4n) is 1.81. The van der Waals surface area contributed by atoms with Crippen LogP contribution in [0.1, 0.15) is 5.69 Å². The highest BCUT2D eigenvalue weighted by molar-refractivity contribution is 7.98. The van der Waals surface area contributed by atoms with Crippen molar-refractivity contribution in [3.05, 3.63) is 48.1 Å². The summed E-state index contributed by atoms with van der Waals surface area (Å²) in [6, 6.07) is 3.73. The number of fused-ring (bicyclic) bond motifs is 1. The van der Waals surface area contributed by atoms with Crippen LogP contribution in [-0.4, -0.2) is 24.6 Å². The minimum absolute atomic E-state index is 0.609. The minimum atomic E-state index is 0.609. The van der Waals surface area contributed by atoms with Gasteiger partial charge in [0.25, 0.3) is 5.78 Å². The van der Waals surface area contributed by atoms with Crippen molar-refractivity contribution in [2.24, 2.45) is 0 Å². The summed E-state index contributed by atoms with van der Waals surface area (Å²) >= 11 is 3.15. The molecule has 4 heterocycles. The highest BCUT2D eigenvalue weighted by Gasteiger charge is 2.09. The number of rotatable bonds is 4. The molecule has 0 aliphatic rings. The van der Waals surface area contributed by atoms with E-state index in [1.54, 1.807) is 46.3 Å². The van der Waals surface area contributed by atoms with E-state index < -0.39 is 0 Å². The summed E-state index contributed by atoms with van der Waals surface area (Å²) in [7, 11) is 0. The van der Waals surface area contributed by atoms with E-state index in [0.29, 0.717) is 10.9 Å². The van der Waals surface area contributed by atoms with Crippen molar-refractivity contribution in [3.8, 4) is 10.6 Å². The molecule has 0 amide bonds. The van der Waals surface area contributed by atoms with Crippen LogP contribution in [-0.2, 0) is 5.75 Å². The van der Waals surface area contributed by atoms with E-state index in [1.807, 2.05) is 23.7 Å². The van der Waals surface area contributed by atoms with Crippen LogP contribution >= 0.6 is 23.1 Å². The van der Waals surface area contributed by atoms with Gasteiger partial charge in [-0.3, -0.25) is 0 Å². The van der Waals surface area contributed by atoms with E-state index in [0.717, 1.165) is 22.0 Å². The van der Waals surface area contributed by atoms with Gasteiger partial charge in [0.1, 0.15) is 11.3 Å². The SMILES string of the molecule is c1cnc2nc(SCc3csc(-c4ccoc4)n3)nn2c1. The molecule has 4 aromatic heterocycles. The van der Waals surface area contributed by atoms with Crippen molar-refractivity contribution < 1.29 is 4.42 Å². The maximum atomic E-state index is 5.07. The van der Waals surface area contributed by atoms with E-state index in [9.17, 15) is 0 Å². The smallest absolute Gasteiger partial charge is 0.253 e. The molecule has 0 aromatic carbocycles. The molecule has 0 saturated heterocycles. The first-order valence-electron chi connectivity index (χ1n) is 6.16. The number of hydrogen-bond acceptors (Lipinski definition) is 7. The second kappa shape index (κ2) is 5.30. The second-order valence-electron chi connectivity index (χ2n) is 4.20. The van der Waals surface area contributed by atoms with Crippen LogP contribution in [0.15, 0.2) is 52.0 Å². The Morgan fingerprint density at radius 3 is 3.19 bits per heavy atom. The highest BCUT2D eigenvalue weighted by atomic mass is 32.2. The molecule has 0 bridgehead atoms. The van der Waals surface area contributed by atoms with Crippen molar-refractivity contribution in [2.75, 3.05) is 0 Å². The number of hydrogen-bond donors (Lipinski definition) is 0. The maximum absolute atomic E-state index is 5.07. The van der Waals surface area contributed by atoms with Gasteiger partial charge in [-0.25, -0.2) is 14.5 Å². The van der Waals surface area contributed by atoms with Crippen molar-refractivity contribution in [2.45, 2.75) is 10.9 Å². The Balaban J connectivity index is 1.49. The lowest BCUT2D eigenvalue weighted by Gasteiger charge is -1.92. The van der Waals surface area contributed by atoms with E-state index >= 15 is 0 Å². The molecule has 0 spiro atoms. The number of aromatic nitrogens is 5. The maximum Gasteiger partial charge on any atom is 0.253 e. The molecule has 0 atom stereocenters. The Hall–Kier alpha value is -2.19. The van der Waals surface area contributed by atoms with Crippen LogP contribution in [0.2, 0.25) is 0 Å². The molecule has 0 unspecified atom stereocenters. The van der Waals surface area contributed by atoms with Crippen LogP contribution in [0.4, 0.5) is 0 Å². The first kappa shape index (κ1) is 12.5. The van der Waals surface area contributed by atoms with Gasteiger partial charge in [0.15, 0.2) is 0 Å². The third kappa shape index (κ3) is 2.55. The predicted molar refractivity (Wildman–Crippen MR) is 80.2 cm³/mol. The van der Waals surface area contributed by atoms with Gasteiger partial charge < -0.3 is 4.42 Å². The van der Waals surface area contributed by atoms with Crippen molar-refractivity contribution in [1.29, 1.82) is 0 Å². The third-order valence-corrected chi connectivity index (χ3v) is 4.58. The average Bonchev–Trinajstić information content (AvgIpc) is 3.23. The van der Waals surface area contributed by atoms with Gasteiger partial charge in [0, 0.05) is 29.1 Å². The molecule has 4 aromatic rings. The summed E-state index contributed by atoms with van der Waals surface area (Å²) in [6.45, 7) is 0. The van der Waals surface area contributed by atoms with Crippen LogP contribution in [0.5, 0.6) is 0 Å². The van der Waals surface area contributed by atoms with E-state index in [2.05, 4.69) is 20.1 Å². The molecule has 0 fully saturated rings. The topological polar surface area (TPSA) is 69.1 Å². The van der Waals surface area contributed by atoms with Crippen LogP contribution < -0.4 is 0 Å². The summed E-state index contributed by atoms with van der Waals surface area (Å²) < 4.78 is 6.74. The average molecular weight is 315 g/mol. The lowest BCUT2D eigenvalue weighted by atomic mass is 10.4. The van der Waals surface area contributed by atoms with Crippen molar-refractivity contribution in [1.82, 2.24) is 24.6 Å². The molecule has 0 aliphatic carbocycles. The lowest BCUT2D eigenvalue weighted by molar-refractivity contribution is 0.568. The first-order chi connectivity index (χ1) is 10.4. The largest absolute Gasteiger partial charge is 0.472 e. The number of thioether (sulfide) groups is 1. The fraction of sp³-hybridized carbons (Fsp3) is 0.0769. The van der Waals surface area contributed by atoms with Gasteiger partial charge >= 0.3 is 0 Å². The molecule has 0 N–H and O–H groups in total. The van der Waals surface area contributed by atoms with Gasteiger partial charge in [-0.2, -0.15) is 4.98 Å². The molecule has 104 valence electrons. The molecule has 21 heavy (non-hydrogen) atoms. The van der Waals surface area contributed by atoms with Gasteiger partial charge in [0.2, 0.25) is 5.16 Å². The molecule has 0 radical (unpaired) electrons. The third-order valence-electron chi connectivity index (χ3n) is 2.77. The van der Waals surface area contributed by atoms with Crippen molar-refractivity contribution >= 4 is 28.9 Å². The van der Waals surface area contributed by atoms with Crippen LogP contribution in [0.3, 0.4) is 0 Å². The highest BCUT2D eigenvalue weighted by Crippen LogP contribution is 2.27. The zero-order valence-corrected chi connectivity index (χ0v) is 12.3. The van der Waals surface area contributed by atoms with Gasteiger partial charge in [-0.15, -0.1) is 16.4 Å². The Morgan fingerprint density at radius 2 is 2.33 bits per heavy atom. The molecular weight excluding hydrogens is 306 g/mol. The number of furan rings is 1. The molecular formula is C13H9N5OS2. The first-order valence-corrected chi connectivity index (χ1v) is 8.02.